The number of ether oxygens (including phenoxy) is 1. The van der Waals surface area contributed by atoms with Crippen LogP contribution in [0.1, 0.15) is 53.4 Å². The van der Waals surface area contributed by atoms with Crippen LogP contribution in [0.5, 0.6) is 0 Å². The van der Waals surface area contributed by atoms with E-state index in [0.29, 0.717) is 17.4 Å². The molecule has 0 aromatic heterocycles. The average Bonchev–Trinajstić information content (AvgIpc) is 3.16. The van der Waals surface area contributed by atoms with Gasteiger partial charge in [-0.3, -0.25) is 4.99 Å². The molecule has 1 saturated heterocycles. The molecule has 2 unspecified atom stereocenters. The predicted octanol–water partition coefficient (Wildman–Crippen LogP) is 3.41. The minimum Gasteiger partial charge on any atom is -0.377 e. The maximum absolute atomic E-state index is 6.04. The summed E-state index contributed by atoms with van der Waals surface area (Å²) in [7, 11) is 1.85. The van der Waals surface area contributed by atoms with Crippen molar-refractivity contribution in [2.24, 2.45) is 21.7 Å². The fourth-order valence-electron chi connectivity index (χ4n) is 3.15. The highest BCUT2D eigenvalue weighted by Gasteiger charge is 2.37. The van der Waals surface area contributed by atoms with Crippen molar-refractivity contribution in [3.63, 3.8) is 0 Å². The molecule has 1 aliphatic carbocycles. The molecule has 2 fully saturated rings. The summed E-state index contributed by atoms with van der Waals surface area (Å²) in [5.41, 5.74) is 0.699. The maximum atomic E-state index is 6.04. The van der Waals surface area contributed by atoms with Gasteiger partial charge in [-0.25, -0.2) is 0 Å². The molecule has 0 aromatic rings. The van der Waals surface area contributed by atoms with E-state index in [1.807, 2.05) is 7.05 Å². The molecule has 1 heterocycles. The second kappa shape index (κ2) is 8.18. The number of aliphatic imine (C=N–C) groups is 1. The Balaban J connectivity index is 0.00000242. The third kappa shape index (κ3) is 5.87. The highest BCUT2D eigenvalue weighted by Crippen LogP contribution is 2.44. The van der Waals surface area contributed by atoms with Gasteiger partial charge in [0, 0.05) is 32.7 Å². The van der Waals surface area contributed by atoms with Gasteiger partial charge in [0.05, 0.1) is 6.10 Å². The Morgan fingerprint density at radius 3 is 2.50 bits per heavy atom. The first-order chi connectivity index (χ1) is 9.84. The Morgan fingerprint density at radius 1 is 1.27 bits per heavy atom. The molecule has 0 amide bonds. The largest absolute Gasteiger partial charge is 0.377 e. The lowest BCUT2D eigenvalue weighted by Crippen LogP contribution is -2.48. The number of nitrogens with one attached hydrogen (secondary N) is 2. The lowest BCUT2D eigenvalue weighted by atomic mass is 9.78. The zero-order valence-electron chi connectivity index (χ0n) is 14.9. The number of guanidine groups is 1. The van der Waals surface area contributed by atoms with Gasteiger partial charge in [-0.1, -0.05) is 27.7 Å². The molecule has 22 heavy (non-hydrogen) atoms. The Bertz CT molecular complexity index is 375. The van der Waals surface area contributed by atoms with E-state index < -0.39 is 0 Å². The molecule has 0 spiro atoms. The van der Waals surface area contributed by atoms with Crippen molar-refractivity contribution in [1.29, 1.82) is 0 Å². The Morgan fingerprint density at radius 2 is 1.95 bits per heavy atom. The van der Waals surface area contributed by atoms with Crippen LogP contribution >= 0.6 is 24.0 Å². The summed E-state index contributed by atoms with van der Waals surface area (Å²) >= 11 is 0. The highest BCUT2D eigenvalue weighted by atomic mass is 127. The van der Waals surface area contributed by atoms with Crippen LogP contribution in [0, 0.1) is 16.7 Å². The first-order valence-electron chi connectivity index (χ1n) is 8.40. The number of nitrogens with zero attached hydrogens (tertiary/aromatic N) is 1. The number of hydrogen-bond donors (Lipinski definition) is 2. The second-order valence-corrected chi connectivity index (χ2v) is 8.18. The van der Waals surface area contributed by atoms with Crippen LogP contribution in [-0.4, -0.2) is 38.8 Å². The van der Waals surface area contributed by atoms with Crippen LogP contribution in [0.15, 0.2) is 4.99 Å². The van der Waals surface area contributed by atoms with E-state index >= 15 is 0 Å². The van der Waals surface area contributed by atoms with Crippen molar-refractivity contribution < 1.29 is 4.74 Å². The lowest BCUT2D eigenvalue weighted by Gasteiger charge is -2.40. The Labute approximate surface area is 153 Å². The zero-order chi connectivity index (χ0) is 15.5. The molecule has 1 aliphatic heterocycles. The summed E-state index contributed by atoms with van der Waals surface area (Å²) in [5.74, 6) is 1.50. The van der Waals surface area contributed by atoms with Gasteiger partial charge in [0.15, 0.2) is 5.96 Å². The van der Waals surface area contributed by atoms with Gasteiger partial charge in [0.1, 0.15) is 0 Å². The minimum atomic E-state index is 0. The first-order valence-corrected chi connectivity index (χ1v) is 8.40. The average molecular weight is 423 g/mol. The molecule has 0 bridgehead atoms. The topological polar surface area (TPSA) is 45.7 Å². The minimum absolute atomic E-state index is 0. The van der Waals surface area contributed by atoms with E-state index in [2.05, 4.69) is 43.3 Å². The molecule has 4 nitrogen and oxygen atoms in total. The summed E-state index contributed by atoms with van der Waals surface area (Å²) in [4.78, 5) is 4.34. The summed E-state index contributed by atoms with van der Waals surface area (Å²) in [6.45, 7) is 12.0. The van der Waals surface area contributed by atoms with Gasteiger partial charge < -0.3 is 15.4 Å². The molecule has 2 N–H and O–H groups in total. The fraction of sp³-hybridized carbons (Fsp3) is 0.941. The van der Waals surface area contributed by atoms with Gasteiger partial charge in [-0.05, 0) is 36.5 Å². The van der Waals surface area contributed by atoms with Gasteiger partial charge in [-0.2, -0.15) is 0 Å². The Kier molecular flexibility index (Phi) is 7.43. The van der Waals surface area contributed by atoms with Crippen molar-refractivity contribution in [2.75, 3.05) is 26.7 Å². The first kappa shape index (κ1) is 20.0. The SMILES string of the molecule is CN=C(NCC1CCCOC1C(C)(C)C)NCC1(C)CC1.I. The predicted molar refractivity (Wildman–Crippen MR) is 104 cm³/mol. The monoisotopic (exact) mass is 423 g/mol. The highest BCUT2D eigenvalue weighted by molar-refractivity contribution is 14.0. The van der Waals surface area contributed by atoms with Crippen LogP contribution < -0.4 is 10.6 Å². The van der Waals surface area contributed by atoms with E-state index in [4.69, 9.17) is 4.74 Å². The van der Waals surface area contributed by atoms with Gasteiger partial charge in [-0.15, -0.1) is 24.0 Å². The van der Waals surface area contributed by atoms with Crippen molar-refractivity contribution in [2.45, 2.75) is 59.5 Å². The number of halogens is 1. The number of hydrogen-bond acceptors (Lipinski definition) is 2. The smallest absolute Gasteiger partial charge is 0.191 e. The fourth-order valence-corrected chi connectivity index (χ4v) is 3.15. The van der Waals surface area contributed by atoms with Crippen molar-refractivity contribution in [3.05, 3.63) is 0 Å². The van der Waals surface area contributed by atoms with Crippen LogP contribution in [0.4, 0.5) is 0 Å². The van der Waals surface area contributed by atoms with E-state index in [-0.39, 0.29) is 29.4 Å². The zero-order valence-corrected chi connectivity index (χ0v) is 17.2. The van der Waals surface area contributed by atoms with E-state index in [1.165, 1.54) is 25.7 Å². The van der Waals surface area contributed by atoms with Crippen LogP contribution in [0.25, 0.3) is 0 Å². The second-order valence-electron chi connectivity index (χ2n) is 8.18. The standard InChI is InChI=1S/C17H33N3O.HI/c1-16(2,3)14-13(7-6-10-21-14)11-19-15(18-5)20-12-17(4)8-9-17;/h13-14H,6-12H2,1-5H3,(H2,18,19,20);1H. The van der Waals surface area contributed by atoms with Gasteiger partial charge in [0.2, 0.25) is 0 Å². The molecule has 2 rings (SSSR count). The molecule has 0 radical (unpaired) electrons. The normalized spacial score (nSPS) is 27.8. The lowest BCUT2D eigenvalue weighted by molar-refractivity contribution is -0.0835. The van der Waals surface area contributed by atoms with E-state index in [1.54, 1.807) is 0 Å². The molecule has 1 saturated carbocycles. The summed E-state index contributed by atoms with van der Waals surface area (Å²) < 4.78 is 6.04. The summed E-state index contributed by atoms with van der Waals surface area (Å²) in [6.07, 6.45) is 5.41. The molecule has 2 atom stereocenters. The van der Waals surface area contributed by atoms with Crippen LogP contribution in [0.3, 0.4) is 0 Å². The molecular weight excluding hydrogens is 389 g/mol. The maximum Gasteiger partial charge on any atom is 0.191 e. The van der Waals surface area contributed by atoms with Gasteiger partial charge >= 0.3 is 0 Å². The van der Waals surface area contributed by atoms with E-state index in [9.17, 15) is 0 Å². The van der Waals surface area contributed by atoms with Crippen molar-refractivity contribution >= 4 is 29.9 Å². The quantitative estimate of drug-likeness (QED) is 0.414. The Hall–Kier alpha value is -0.0400. The molecule has 5 heteroatoms. The molecule has 2 aliphatic rings. The van der Waals surface area contributed by atoms with Gasteiger partial charge in [0.25, 0.3) is 0 Å². The summed E-state index contributed by atoms with van der Waals surface area (Å²) in [6, 6.07) is 0. The van der Waals surface area contributed by atoms with Crippen LogP contribution in [-0.2, 0) is 4.74 Å². The third-order valence-corrected chi connectivity index (χ3v) is 4.84. The molecular formula is C17H34IN3O. The third-order valence-electron chi connectivity index (χ3n) is 4.84. The molecule has 0 aromatic carbocycles. The van der Waals surface area contributed by atoms with Crippen molar-refractivity contribution in [1.82, 2.24) is 10.6 Å². The van der Waals surface area contributed by atoms with Crippen LogP contribution in [0.2, 0.25) is 0 Å². The summed E-state index contributed by atoms with van der Waals surface area (Å²) in [5, 5.41) is 6.96. The number of rotatable bonds is 4. The molecule has 130 valence electrons. The van der Waals surface area contributed by atoms with Crippen molar-refractivity contribution in [3.8, 4) is 0 Å². The van der Waals surface area contributed by atoms with E-state index in [0.717, 1.165) is 25.7 Å².